The minimum Gasteiger partial charge on any atom is -0.305 e. The molecule has 0 amide bonds. The van der Waals surface area contributed by atoms with Crippen LogP contribution >= 0.6 is 36.2 Å². The smallest absolute Gasteiger partial charge is 0.216 e. The highest BCUT2D eigenvalue weighted by atomic mass is 32.2. The van der Waals surface area contributed by atoms with Crippen molar-refractivity contribution in [3.63, 3.8) is 0 Å². The summed E-state index contributed by atoms with van der Waals surface area (Å²) in [5.41, 5.74) is 4.64. The van der Waals surface area contributed by atoms with Crippen molar-refractivity contribution in [3.8, 4) is 0 Å². The highest BCUT2D eigenvalue weighted by Crippen LogP contribution is 2.03. The number of thiocarbonyl (C=S) groups is 1. The number of hydrogen-bond donors (Lipinski definition) is 1. The van der Waals surface area contributed by atoms with Crippen LogP contribution < -0.4 is 5.43 Å². The topological polar surface area (TPSA) is 46.0 Å². The largest absolute Gasteiger partial charge is 0.305 e. The van der Waals surface area contributed by atoms with Crippen molar-refractivity contribution in [1.82, 2.24) is 25.2 Å². The molecule has 0 aliphatic carbocycles. The van der Waals surface area contributed by atoms with Gasteiger partial charge in [-0.3, -0.25) is 5.01 Å². The first-order valence-electron chi connectivity index (χ1n) is 5.78. The van der Waals surface area contributed by atoms with Crippen molar-refractivity contribution in [2.45, 2.75) is 6.92 Å². The molecule has 0 spiro atoms. The Balaban J connectivity index is 2.64. The molecule has 1 N–H and O–H groups in total. The second-order valence-electron chi connectivity index (χ2n) is 3.87. The maximum Gasteiger partial charge on any atom is 0.216 e. The normalized spacial score (nSPS) is 11.2. The van der Waals surface area contributed by atoms with E-state index < -0.39 is 0 Å². The van der Waals surface area contributed by atoms with E-state index in [1.54, 1.807) is 22.9 Å². The van der Waals surface area contributed by atoms with Crippen molar-refractivity contribution < 1.29 is 0 Å². The Labute approximate surface area is 133 Å². The summed E-state index contributed by atoms with van der Waals surface area (Å²) in [5, 5.41) is 6.03. The van der Waals surface area contributed by atoms with E-state index >= 15 is 0 Å². The first kappa shape index (κ1) is 16.8. The van der Waals surface area contributed by atoms with Crippen molar-refractivity contribution >= 4 is 46.6 Å². The predicted octanol–water partition coefficient (Wildman–Crippen LogP) is 2.46. The van der Waals surface area contributed by atoms with Gasteiger partial charge < -0.3 is 5.43 Å². The van der Waals surface area contributed by atoms with Gasteiger partial charge in [0, 0.05) is 20.3 Å². The van der Waals surface area contributed by atoms with Crippen LogP contribution in [0.1, 0.15) is 11.4 Å². The summed E-state index contributed by atoms with van der Waals surface area (Å²) in [6, 6.07) is 0. The zero-order chi connectivity index (χ0) is 15.1. The van der Waals surface area contributed by atoms with E-state index in [4.69, 9.17) is 24.4 Å². The molecular formula is C12H17N5S3. The number of hydrogen-bond acceptors (Lipinski definition) is 6. The zero-order valence-electron chi connectivity index (χ0n) is 11.8. The molecule has 1 rings (SSSR count). The molecule has 5 nitrogen and oxygen atoms in total. The Morgan fingerprint density at radius 2 is 2.15 bits per heavy atom. The van der Waals surface area contributed by atoms with Gasteiger partial charge in [-0.05, 0) is 37.5 Å². The SMILES string of the molecule is CSC(=S)N(C)N/C=C/C=C/c1nc(=S)n(C)nc1C. The maximum absolute atomic E-state index is 5.12. The molecule has 108 valence electrons. The van der Waals surface area contributed by atoms with E-state index in [-0.39, 0.29) is 0 Å². The fourth-order valence-electron chi connectivity index (χ4n) is 1.28. The van der Waals surface area contributed by atoms with Crippen LogP contribution in [0.15, 0.2) is 18.4 Å². The van der Waals surface area contributed by atoms with Gasteiger partial charge in [0.25, 0.3) is 0 Å². The average molecular weight is 328 g/mol. The lowest BCUT2D eigenvalue weighted by Crippen LogP contribution is -2.32. The summed E-state index contributed by atoms with van der Waals surface area (Å²) < 4.78 is 2.81. The summed E-state index contributed by atoms with van der Waals surface area (Å²) >= 11 is 11.7. The molecule has 0 bridgehead atoms. The number of hydrazine groups is 1. The van der Waals surface area contributed by atoms with Crippen molar-refractivity contribution in [3.05, 3.63) is 34.5 Å². The molecule has 1 aromatic heterocycles. The minimum absolute atomic E-state index is 0.461. The zero-order valence-corrected chi connectivity index (χ0v) is 14.3. The van der Waals surface area contributed by atoms with Gasteiger partial charge in [0.15, 0.2) is 4.32 Å². The van der Waals surface area contributed by atoms with E-state index in [9.17, 15) is 0 Å². The fraction of sp³-hybridized carbons (Fsp3) is 0.333. The minimum atomic E-state index is 0.461. The van der Waals surface area contributed by atoms with E-state index in [1.165, 1.54) is 11.8 Å². The van der Waals surface area contributed by atoms with Crippen molar-refractivity contribution in [2.75, 3.05) is 13.3 Å². The summed E-state index contributed by atoms with van der Waals surface area (Å²) in [6.07, 6.45) is 9.32. The monoisotopic (exact) mass is 327 g/mol. The average Bonchev–Trinajstić information content (AvgIpc) is 2.42. The highest BCUT2D eigenvalue weighted by Gasteiger charge is 1.99. The first-order valence-corrected chi connectivity index (χ1v) is 7.83. The third kappa shape index (κ3) is 5.03. The molecule has 0 fully saturated rings. The number of rotatable bonds is 4. The third-order valence-corrected chi connectivity index (χ3v) is 4.09. The molecule has 8 heteroatoms. The molecule has 0 atom stereocenters. The second-order valence-corrected chi connectivity index (χ2v) is 5.67. The molecule has 0 unspecified atom stereocenters. The molecule has 0 radical (unpaired) electrons. The summed E-state index contributed by atoms with van der Waals surface area (Å²) in [5.74, 6) is 0. The Hall–Kier alpha value is -1.25. The number of aryl methyl sites for hydroxylation is 2. The number of allylic oxidation sites excluding steroid dienone is 2. The van der Waals surface area contributed by atoms with Gasteiger partial charge in [-0.1, -0.05) is 30.1 Å². The highest BCUT2D eigenvalue weighted by molar-refractivity contribution is 8.22. The Morgan fingerprint density at radius 3 is 2.80 bits per heavy atom. The van der Waals surface area contributed by atoms with Crippen LogP contribution in [-0.4, -0.2) is 37.4 Å². The molecular weight excluding hydrogens is 310 g/mol. The number of aromatic nitrogens is 3. The molecule has 1 heterocycles. The van der Waals surface area contributed by atoms with Crippen LogP contribution in [-0.2, 0) is 7.05 Å². The van der Waals surface area contributed by atoms with Crippen LogP contribution in [0, 0.1) is 11.7 Å². The van der Waals surface area contributed by atoms with Gasteiger partial charge >= 0.3 is 0 Å². The van der Waals surface area contributed by atoms with E-state index in [0.29, 0.717) is 4.77 Å². The van der Waals surface area contributed by atoms with E-state index in [2.05, 4.69) is 15.5 Å². The van der Waals surface area contributed by atoms with Crippen LogP contribution in [0.5, 0.6) is 0 Å². The number of nitrogens with zero attached hydrogens (tertiary/aromatic N) is 4. The van der Waals surface area contributed by atoms with Gasteiger partial charge in [-0.25, -0.2) is 9.67 Å². The molecule has 0 aliphatic heterocycles. The summed E-state index contributed by atoms with van der Waals surface area (Å²) in [6.45, 7) is 1.90. The lowest BCUT2D eigenvalue weighted by molar-refractivity contribution is 0.449. The predicted molar refractivity (Wildman–Crippen MR) is 91.8 cm³/mol. The Bertz CT molecular complexity index is 591. The lowest BCUT2D eigenvalue weighted by atomic mass is 10.3. The van der Waals surface area contributed by atoms with Crippen LogP contribution in [0.3, 0.4) is 0 Å². The molecule has 20 heavy (non-hydrogen) atoms. The fourth-order valence-corrected chi connectivity index (χ4v) is 1.80. The van der Waals surface area contributed by atoms with Crippen LogP contribution in [0.25, 0.3) is 6.08 Å². The van der Waals surface area contributed by atoms with Crippen molar-refractivity contribution in [1.29, 1.82) is 0 Å². The van der Waals surface area contributed by atoms with Gasteiger partial charge in [0.1, 0.15) is 0 Å². The van der Waals surface area contributed by atoms with Crippen LogP contribution in [0.4, 0.5) is 0 Å². The molecule has 0 aromatic carbocycles. The molecule has 1 aromatic rings. The Morgan fingerprint density at radius 1 is 1.45 bits per heavy atom. The number of thioether (sulfide) groups is 1. The maximum atomic E-state index is 5.12. The molecule has 0 saturated heterocycles. The van der Waals surface area contributed by atoms with Crippen LogP contribution in [0.2, 0.25) is 0 Å². The lowest BCUT2D eigenvalue weighted by Gasteiger charge is -2.17. The molecule has 0 aliphatic rings. The molecule has 0 saturated carbocycles. The Kier molecular flexibility index (Phi) is 6.83. The summed E-state index contributed by atoms with van der Waals surface area (Å²) in [7, 11) is 3.65. The quantitative estimate of drug-likeness (QED) is 0.518. The standard InChI is InChI=1S/C12H17N5S3/c1-9-10(14-11(18)16(2)15-9)7-5-6-8-13-17(3)12(19)20-4/h5-8,13H,1-4H3/b7-5+,8-6+. The van der Waals surface area contributed by atoms with E-state index in [1.807, 2.05) is 38.5 Å². The third-order valence-electron chi connectivity index (χ3n) is 2.34. The summed E-state index contributed by atoms with van der Waals surface area (Å²) in [4.78, 5) is 4.29. The van der Waals surface area contributed by atoms with Gasteiger partial charge in [-0.2, -0.15) is 5.10 Å². The van der Waals surface area contributed by atoms with Crippen molar-refractivity contribution in [2.24, 2.45) is 7.05 Å². The first-order chi connectivity index (χ1) is 9.45. The van der Waals surface area contributed by atoms with E-state index in [0.717, 1.165) is 15.7 Å². The van der Waals surface area contributed by atoms with Gasteiger partial charge in [0.2, 0.25) is 4.77 Å². The van der Waals surface area contributed by atoms with Gasteiger partial charge in [-0.15, -0.1) is 0 Å². The second kappa shape index (κ2) is 8.13. The van der Waals surface area contributed by atoms with Gasteiger partial charge in [0.05, 0.1) is 11.4 Å². The number of nitrogens with one attached hydrogen (secondary N) is 1.